The van der Waals surface area contributed by atoms with Gasteiger partial charge in [0.2, 0.25) is 0 Å². The van der Waals surface area contributed by atoms with Crippen LogP contribution in [0, 0.1) is 10.8 Å². The second-order valence-corrected chi connectivity index (χ2v) is 7.20. The predicted molar refractivity (Wildman–Crippen MR) is 66.4 cm³/mol. The summed E-state index contributed by atoms with van der Waals surface area (Å²) < 4.78 is 5.28. The van der Waals surface area contributed by atoms with Gasteiger partial charge in [0, 0.05) is 23.8 Å². The quantitative estimate of drug-likeness (QED) is 0.801. The van der Waals surface area contributed by atoms with E-state index < -0.39 is 0 Å². The lowest BCUT2D eigenvalue weighted by Gasteiger charge is -2.43. The van der Waals surface area contributed by atoms with E-state index in [9.17, 15) is 0 Å². The molecule has 1 atom stereocenters. The van der Waals surface area contributed by atoms with Crippen LogP contribution in [0.15, 0.2) is 0 Å². The summed E-state index contributed by atoms with van der Waals surface area (Å²) in [7, 11) is 0. The molecular weight excluding hydrogens is 206 g/mol. The van der Waals surface area contributed by atoms with Crippen LogP contribution in [0.5, 0.6) is 0 Å². The molecule has 88 valence electrons. The van der Waals surface area contributed by atoms with Gasteiger partial charge in [-0.05, 0) is 17.6 Å². The van der Waals surface area contributed by atoms with Crippen molar-refractivity contribution in [1.29, 1.82) is 0 Å². The molecule has 0 aromatic rings. The summed E-state index contributed by atoms with van der Waals surface area (Å²) in [6, 6.07) is 0.675. The third-order valence-electron chi connectivity index (χ3n) is 3.79. The molecular formula is C12H23NOS. The zero-order valence-corrected chi connectivity index (χ0v) is 11.0. The Morgan fingerprint density at radius 2 is 2.07 bits per heavy atom. The van der Waals surface area contributed by atoms with E-state index >= 15 is 0 Å². The summed E-state index contributed by atoms with van der Waals surface area (Å²) in [5.74, 6) is 2.59. The molecule has 2 saturated heterocycles. The van der Waals surface area contributed by atoms with E-state index in [4.69, 9.17) is 4.74 Å². The summed E-state index contributed by atoms with van der Waals surface area (Å²) in [6.07, 6.45) is 1.34. The summed E-state index contributed by atoms with van der Waals surface area (Å²) in [6.45, 7) is 10.1. The van der Waals surface area contributed by atoms with Gasteiger partial charge in [-0.15, -0.1) is 0 Å². The minimum absolute atomic E-state index is 0.401. The van der Waals surface area contributed by atoms with Gasteiger partial charge in [-0.2, -0.15) is 11.8 Å². The third-order valence-corrected chi connectivity index (χ3v) is 4.86. The molecule has 0 aromatic heterocycles. The third kappa shape index (κ3) is 2.69. The lowest BCUT2D eigenvalue weighted by molar-refractivity contribution is -0.101. The second-order valence-electron chi connectivity index (χ2n) is 6.05. The van der Waals surface area contributed by atoms with Crippen molar-refractivity contribution in [1.82, 2.24) is 5.32 Å². The number of ether oxygens (including phenoxy) is 1. The average Bonchev–Trinajstić information content (AvgIpc) is 2.13. The molecule has 2 rings (SSSR count). The molecule has 2 heterocycles. The Labute approximate surface area is 97.5 Å². The molecule has 0 aromatic carbocycles. The molecule has 3 heteroatoms. The zero-order valence-electron chi connectivity index (χ0n) is 10.1. The van der Waals surface area contributed by atoms with Crippen molar-refractivity contribution in [3.63, 3.8) is 0 Å². The van der Waals surface area contributed by atoms with Gasteiger partial charge in [-0.25, -0.2) is 0 Å². The molecule has 0 radical (unpaired) electrons. The van der Waals surface area contributed by atoms with E-state index in [0.29, 0.717) is 16.9 Å². The highest BCUT2D eigenvalue weighted by atomic mass is 32.2. The van der Waals surface area contributed by atoms with Crippen molar-refractivity contribution in [2.75, 3.05) is 31.3 Å². The van der Waals surface area contributed by atoms with Gasteiger partial charge in [0.25, 0.3) is 0 Å². The van der Waals surface area contributed by atoms with Crippen LogP contribution >= 0.6 is 11.8 Å². The molecule has 2 fully saturated rings. The van der Waals surface area contributed by atoms with Crippen molar-refractivity contribution in [2.45, 2.75) is 33.2 Å². The fourth-order valence-electron chi connectivity index (χ4n) is 2.19. The molecule has 15 heavy (non-hydrogen) atoms. The summed E-state index contributed by atoms with van der Waals surface area (Å²) in [5, 5.41) is 3.75. The van der Waals surface area contributed by atoms with Crippen LogP contribution in [0.1, 0.15) is 27.2 Å². The molecule has 2 nitrogen and oxygen atoms in total. The highest BCUT2D eigenvalue weighted by molar-refractivity contribution is 7.99. The molecule has 0 saturated carbocycles. The fourth-order valence-corrected chi connectivity index (χ4v) is 3.84. The van der Waals surface area contributed by atoms with Crippen LogP contribution in [0.4, 0.5) is 0 Å². The van der Waals surface area contributed by atoms with Gasteiger partial charge in [-0.3, -0.25) is 0 Å². The summed E-state index contributed by atoms with van der Waals surface area (Å²) in [5.41, 5.74) is 0.865. The van der Waals surface area contributed by atoms with Gasteiger partial charge in [0.1, 0.15) is 0 Å². The number of rotatable bonds is 3. The number of hydrogen-bond donors (Lipinski definition) is 1. The van der Waals surface area contributed by atoms with E-state index in [2.05, 4.69) is 37.8 Å². The van der Waals surface area contributed by atoms with Crippen LogP contribution in [0.25, 0.3) is 0 Å². The Morgan fingerprint density at radius 1 is 1.33 bits per heavy atom. The maximum atomic E-state index is 5.28. The minimum atomic E-state index is 0.401. The highest BCUT2D eigenvalue weighted by Gasteiger charge is 2.37. The molecule has 2 aliphatic rings. The lowest BCUT2D eigenvalue weighted by Crippen LogP contribution is -2.54. The number of thioether (sulfide) groups is 1. The summed E-state index contributed by atoms with van der Waals surface area (Å²) in [4.78, 5) is 0. The van der Waals surface area contributed by atoms with E-state index in [1.165, 1.54) is 17.9 Å². The Hall–Kier alpha value is 0.270. The predicted octanol–water partition coefficient (Wildman–Crippen LogP) is 2.14. The SMILES string of the molecule is CC1(CNC2CSCCC2(C)C)COC1. The van der Waals surface area contributed by atoms with Crippen LogP contribution in [0.2, 0.25) is 0 Å². The molecule has 2 aliphatic heterocycles. The molecule has 1 unspecified atom stereocenters. The van der Waals surface area contributed by atoms with Crippen molar-refractivity contribution >= 4 is 11.8 Å². The van der Waals surface area contributed by atoms with Crippen LogP contribution in [-0.4, -0.2) is 37.3 Å². The maximum absolute atomic E-state index is 5.28. The topological polar surface area (TPSA) is 21.3 Å². The van der Waals surface area contributed by atoms with E-state index in [-0.39, 0.29) is 0 Å². The average molecular weight is 229 g/mol. The normalized spacial score (nSPS) is 33.4. The highest BCUT2D eigenvalue weighted by Crippen LogP contribution is 2.35. The van der Waals surface area contributed by atoms with E-state index in [1.807, 2.05) is 0 Å². The van der Waals surface area contributed by atoms with Crippen molar-refractivity contribution < 1.29 is 4.74 Å². The van der Waals surface area contributed by atoms with Crippen LogP contribution in [0.3, 0.4) is 0 Å². The number of hydrogen-bond acceptors (Lipinski definition) is 3. The van der Waals surface area contributed by atoms with Crippen LogP contribution < -0.4 is 5.32 Å². The largest absolute Gasteiger partial charge is 0.380 e. The zero-order chi connectivity index (χ0) is 10.9. The summed E-state index contributed by atoms with van der Waals surface area (Å²) >= 11 is 2.09. The first-order valence-corrected chi connectivity index (χ1v) is 7.06. The second kappa shape index (κ2) is 4.27. The number of nitrogens with one attached hydrogen (secondary N) is 1. The van der Waals surface area contributed by atoms with Crippen molar-refractivity contribution in [3.05, 3.63) is 0 Å². The first-order valence-electron chi connectivity index (χ1n) is 5.91. The molecule has 0 bridgehead atoms. The molecule has 0 amide bonds. The molecule has 0 aliphatic carbocycles. The van der Waals surface area contributed by atoms with Gasteiger partial charge in [-0.1, -0.05) is 20.8 Å². The Kier molecular flexibility index (Phi) is 3.34. The standard InChI is InChI=1S/C12H23NOS/c1-11(2)4-5-15-6-10(11)13-7-12(3)8-14-9-12/h10,13H,4-9H2,1-3H3. The first-order chi connectivity index (χ1) is 7.02. The Morgan fingerprint density at radius 3 is 2.60 bits per heavy atom. The molecule has 1 N–H and O–H groups in total. The van der Waals surface area contributed by atoms with Crippen LogP contribution in [-0.2, 0) is 4.74 Å². The lowest BCUT2D eigenvalue weighted by atomic mass is 9.81. The Bertz CT molecular complexity index is 226. The maximum Gasteiger partial charge on any atom is 0.0554 e. The van der Waals surface area contributed by atoms with E-state index in [1.54, 1.807) is 0 Å². The Balaban J connectivity index is 1.82. The van der Waals surface area contributed by atoms with Crippen molar-refractivity contribution in [3.8, 4) is 0 Å². The fraction of sp³-hybridized carbons (Fsp3) is 1.00. The van der Waals surface area contributed by atoms with Crippen molar-refractivity contribution in [2.24, 2.45) is 10.8 Å². The molecule has 0 spiro atoms. The van der Waals surface area contributed by atoms with Gasteiger partial charge in [0.15, 0.2) is 0 Å². The minimum Gasteiger partial charge on any atom is -0.380 e. The first kappa shape index (κ1) is 11.7. The van der Waals surface area contributed by atoms with Gasteiger partial charge < -0.3 is 10.1 Å². The van der Waals surface area contributed by atoms with Gasteiger partial charge in [0.05, 0.1) is 13.2 Å². The van der Waals surface area contributed by atoms with E-state index in [0.717, 1.165) is 19.8 Å². The van der Waals surface area contributed by atoms with Gasteiger partial charge >= 0.3 is 0 Å². The smallest absolute Gasteiger partial charge is 0.0554 e. The monoisotopic (exact) mass is 229 g/mol.